The molecular weight excluding hydrogens is 762 g/mol. The molecule has 1 saturated heterocycles. The molecule has 0 unspecified atom stereocenters. The summed E-state index contributed by atoms with van der Waals surface area (Å²) in [6.45, 7) is 7.62. The van der Waals surface area contributed by atoms with Gasteiger partial charge in [0.1, 0.15) is 15.5 Å². The number of rotatable bonds is 6. The number of carbonyl (C=O) groups excluding carboxylic acids is 2. The van der Waals surface area contributed by atoms with Crippen LogP contribution < -0.4 is 14.4 Å². The van der Waals surface area contributed by atoms with Gasteiger partial charge in [0.05, 0.1) is 31.2 Å². The Balaban J connectivity index is 1.23. The highest BCUT2D eigenvalue weighted by Gasteiger charge is 2.47. The van der Waals surface area contributed by atoms with Crippen LogP contribution in [0.25, 0.3) is 0 Å². The summed E-state index contributed by atoms with van der Waals surface area (Å²) in [5.74, 6) is -0.723. The number of aromatic nitrogens is 2. The molecule has 13 heteroatoms. The van der Waals surface area contributed by atoms with Crippen molar-refractivity contribution in [3.8, 4) is 5.88 Å². The van der Waals surface area contributed by atoms with Gasteiger partial charge in [-0.15, -0.1) is 16.0 Å². The van der Waals surface area contributed by atoms with Crippen molar-refractivity contribution in [1.29, 1.82) is 0 Å². The predicted octanol–water partition coefficient (Wildman–Crippen LogP) is 7.49. The highest BCUT2D eigenvalue weighted by Crippen LogP contribution is 2.49. The van der Waals surface area contributed by atoms with Crippen molar-refractivity contribution >= 4 is 39.0 Å². The Kier molecular flexibility index (Phi) is 11.4. The van der Waals surface area contributed by atoms with Gasteiger partial charge in [0.2, 0.25) is 5.88 Å². The first kappa shape index (κ1) is 40.1. The molecule has 1 aromatic heterocycles. The SMILES string of the molecule is C=CC[C@H]1C[C@@H]2C[C@H](OC)[C@@H]3CC[C@H]3CN3C[C@@]4(CCCc5cc(Cl)ccc54)CCc4ccc(cc43)C(=O)N=[S@](=O)(NC(=O)c3cn(C)nc3OC)C[C@@H](C)[C@H]2O1. The second-order valence-corrected chi connectivity index (χ2v) is 19.7. The fourth-order valence-electron chi connectivity index (χ4n) is 10.8. The Hall–Kier alpha value is -3.71. The second-order valence-electron chi connectivity index (χ2n) is 17.3. The topological polar surface area (TPSA) is 124 Å². The third-order valence-corrected chi connectivity index (χ3v) is 15.8. The molecule has 1 saturated carbocycles. The minimum absolute atomic E-state index is 0.0279. The smallest absolute Gasteiger partial charge is 0.286 e. The molecular formula is C44H56ClN5O6S. The summed E-state index contributed by atoms with van der Waals surface area (Å²) in [6, 6.07) is 12.2. The number of fused-ring (bicyclic) bond motifs is 5. The molecule has 1 spiro atoms. The van der Waals surface area contributed by atoms with Gasteiger partial charge in [-0.1, -0.05) is 36.7 Å². The van der Waals surface area contributed by atoms with Crippen molar-refractivity contribution in [2.24, 2.45) is 35.1 Å². The number of ether oxygens (including phenoxy) is 3. The molecule has 2 fully saturated rings. The van der Waals surface area contributed by atoms with E-state index in [0.717, 1.165) is 81.6 Å². The zero-order valence-electron chi connectivity index (χ0n) is 33.6. The molecule has 1 N–H and O–H groups in total. The van der Waals surface area contributed by atoms with Crippen LogP contribution in [0.2, 0.25) is 5.02 Å². The molecule has 4 heterocycles. The van der Waals surface area contributed by atoms with Crippen molar-refractivity contribution in [2.45, 2.75) is 94.9 Å². The lowest BCUT2D eigenvalue weighted by Gasteiger charge is -2.47. The number of methoxy groups -OCH3 is 2. The first-order chi connectivity index (χ1) is 27.4. The standard InChI is InChI=1S/C44H56ClN5O6S/c1-6-8-34-20-32-22-39(54-4)35-14-12-31(35)23-50-26-44(17-7-9-29-19-33(45)13-15-37(29)44)18-16-28-10-11-30(21-38(28)50)41(51)47-57(53,25-27(2)40(32)56-34)48-42(52)36-24-49(3)46-43(36)55-5/h6,10-11,13,15,19,21,24,27,31-32,34-35,39-40H,1,7-9,12,14,16-18,20,22-23,25-26H2,2-5H3,(H,47,48,51,52,53)/t27-,31+,32-,34+,35-,39+,40-,44-,57+/m1/s1. The Bertz CT molecular complexity index is 2170. The molecule has 5 aliphatic rings. The fraction of sp³-hybridized carbons (Fsp3) is 0.568. The van der Waals surface area contributed by atoms with Crippen LogP contribution in [0.5, 0.6) is 5.88 Å². The van der Waals surface area contributed by atoms with Gasteiger partial charge in [-0.25, -0.2) is 4.21 Å². The summed E-state index contributed by atoms with van der Waals surface area (Å²) in [4.78, 5) is 30.8. The van der Waals surface area contributed by atoms with Gasteiger partial charge in [-0.2, -0.15) is 0 Å². The van der Waals surface area contributed by atoms with Gasteiger partial charge in [0, 0.05) is 55.1 Å². The van der Waals surface area contributed by atoms with Crippen LogP contribution >= 0.6 is 11.6 Å². The lowest BCUT2D eigenvalue weighted by atomic mass is 9.66. The number of nitrogens with one attached hydrogen (secondary N) is 1. The molecule has 57 heavy (non-hydrogen) atoms. The van der Waals surface area contributed by atoms with Crippen LogP contribution in [0.4, 0.5) is 5.69 Å². The van der Waals surface area contributed by atoms with Crippen molar-refractivity contribution in [3.63, 3.8) is 0 Å². The van der Waals surface area contributed by atoms with E-state index in [1.807, 2.05) is 32.2 Å². The van der Waals surface area contributed by atoms with Crippen molar-refractivity contribution in [1.82, 2.24) is 14.5 Å². The average molecular weight is 818 g/mol. The average Bonchev–Trinajstić information content (AvgIpc) is 3.72. The Morgan fingerprint density at radius 3 is 2.72 bits per heavy atom. The summed E-state index contributed by atoms with van der Waals surface area (Å²) in [7, 11) is 1.23. The molecule has 9 atom stereocenters. The lowest BCUT2D eigenvalue weighted by Crippen LogP contribution is -2.49. The number of hydrogen-bond donors (Lipinski definition) is 1. The van der Waals surface area contributed by atoms with E-state index in [1.54, 1.807) is 13.1 Å². The third kappa shape index (κ3) is 7.91. The van der Waals surface area contributed by atoms with Crippen molar-refractivity contribution in [3.05, 3.63) is 88.1 Å². The number of amides is 2. The molecule has 3 aliphatic heterocycles. The van der Waals surface area contributed by atoms with Crippen molar-refractivity contribution in [2.75, 3.05) is 38.0 Å². The molecule has 8 rings (SSSR count). The van der Waals surface area contributed by atoms with Crippen LogP contribution in [0.3, 0.4) is 0 Å². The van der Waals surface area contributed by atoms with E-state index >= 15 is 4.21 Å². The largest absolute Gasteiger partial charge is 0.479 e. The number of aryl methyl sites for hydroxylation is 3. The summed E-state index contributed by atoms with van der Waals surface area (Å²) >= 11 is 6.54. The highest BCUT2D eigenvalue weighted by molar-refractivity contribution is 7.92. The summed E-state index contributed by atoms with van der Waals surface area (Å²) in [6.07, 6.45) is 12.7. The van der Waals surface area contributed by atoms with E-state index in [4.69, 9.17) is 25.8 Å². The number of benzene rings is 2. The van der Waals surface area contributed by atoms with Crippen LogP contribution in [0.1, 0.15) is 95.7 Å². The van der Waals surface area contributed by atoms with Gasteiger partial charge in [-0.3, -0.25) is 19.0 Å². The number of anilines is 1. The summed E-state index contributed by atoms with van der Waals surface area (Å²) in [5.41, 5.74) is 5.32. The zero-order valence-corrected chi connectivity index (χ0v) is 35.2. The Morgan fingerprint density at radius 1 is 1.12 bits per heavy atom. The van der Waals surface area contributed by atoms with Gasteiger partial charge in [0.15, 0.2) is 0 Å². The number of hydrogen-bond acceptors (Lipinski definition) is 8. The number of halogens is 1. The van der Waals surface area contributed by atoms with E-state index < -0.39 is 21.7 Å². The molecule has 3 aromatic rings. The van der Waals surface area contributed by atoms with E-state index in [1.165, 1.54) is 34.7 Å². The van der Waals surface area contributed by atoms with E-state index in [9.17, 15) is 9.59 Å². The summed E-state index contributed by atoms with van der Waals surface area (Å²) < 4.78 is 42.2. The predicted molar refractivity (Wildman–Crippen MR) is 222 cm³/mol. The molecule has 2 bridgehead atoms. The molecule has 306 valence electrons. The zero-order chi connectivity index (χ0) is 40.1. The van der Waals surface area contributed by atoms with Crippen LogP contribution in [0, 0.1) is 23.7 Å². The van der Waals surface area contributed by atoms with E-state index in [0.29, 0.717) is 23.8 Å². The fourth-order valence-corrected chi connectivity index (χ4v) is 12.9. The minimum atomic E-state index is -3.70. The molecule has 2 amide bonds. The van der Waals surface area contributed by atoms with Gasteiger partial charge < -0.3 is 19.1 Å². The number of nitrogens with zero attached hydrogens (tertiary/aromatic N) is 4. The number of carbonyl (C=O) groups is 2. The first-order valence-electron chi connectivity index (χ1n) is 20.6. The first-order valence-corrected chi connectivity index (χ1v) is 22.6. The normalized spacial score (nSPS) is 32.5. The van der Waals surface area contributed by atoms with E-state index in [2.05, 4.69) is 43.9 Å². The molecule has 2 aromatic carbocycles. The monoisotopic (exact) mass is 817 g/mol. The maximum Gasteiger partial charge on any atom is 0.286 e. The minimum Gasteiger partial charge on any atom is -0.479 e. The third-order valence-electron chi connectivity index (χ3n) is 13.6. The molecule has 0 radical (unpaired) electrons. The molecule has 11 nitrogen and oxygen atoms in total. The van der Waals surface area contributed by atoms with Crippen molar-refractivity contribution < 1.29 is 28.0 Å². The maximum atomic E-state index is 15.1. The second kappa shape index (κ2) is 16.2. The lowest BCUT2D eigenvalue weighted by molar-refractivity contribution is -0.0440. The van der Waals surface area contributed by atoms with E-state index in [-0.39, 0.29) is 52.8 Å². The van der Waals surface area contributed by atoms with Gasteiger partial charge in [0.25, 0.3) is 11.8 Å². The highest BCUT2D eigenvalue weighted by atomic mass is 35.5. The van der Waals surface area contributed by atoms with Crippen LogP contribution in [-0.4, -0.2) is 77.2 Å². The van der Waals surface area contributed by atoms with Crippen LogP contribution in [-0.2, 0) is 44.7 Å². The quantitative estimate of drug-likeness (QED) is 0.254. The summed E-state index contributed by atoms with van der Waals surface area (Å²) in [5, 5.41) is 4.98. The molecule has 2 aliphatic carbocycles. The Morgan fingerprint density at radius 2 is 1.96 bits per heavy atom. The van der Waals surface area contributed by atoms with Crippen LogP contribution in [0.15, 0.2) is 59.6 Å². The van der Waals surface area contributed by atoms with Gasteiger partial charge in [-0.05, 0) is 129 Å². The maximum absolute atomic E-state index is 15.1. The Labute approximate surface area is 342 Å². The van der Waals surface area contributed by atoms with Gasteiger partial charge >= 0.3 is 0 Å².